The van der Waals surface area contributed by atoms with Gasteiger partial charge in [0.1, 0.15) is 30.0 Å². The molecule has 3 aliphatic carbocycles. The average molecular weight is 678 g/mol. The molecule has 0 spiro atoms. The molecule has 11 atom stereocenters. The number of fused-ring (bicyclic) bond motifs is 8. The van der Waals surface area contributed by atoms with Gasteiger partial charge in [0.15, 0.2) is 11.4 Å². The Morgan fingerprint density at radius 2 is 1.62 bits per heavy atom. The SMILES string of the molecule is CC(=O)N[C@@H](C)C(C)(C)C(=O)O[C@H]1C[C@@]2(O)[C@@H](OC(C)=O)[C@@H]3[C@]4(OC(C)=O)CO[C@@H]4CC(C)[C@@]3(C)[C@@H]3OC(C)(C)O[C@@H]3C(=C1C)C2(C)C. The number of esters is 3. The van der Waals surface area contributed by atoms with Crippen molar-refractivity contribution in [3.8, 4) is 0 Å². The Hall–Kier alpha value is -2.54. The first-order chi connectivity index (χ1) is 21.9. The minimum atomic E-state index is -1.86. The van der Waals surface area contributed by atoms with Crippen LogP contribution in [0.5, 0.6) is 0 Å². The number of rotatable bonds is 6. The summed E-state index contributed by atoms with van der Waals surface area (Å²) in [6, 6.07) is -0.557. The fourth-order valence-electron chi connectivity index (χ4n) is 9.56. The molecule has 0 aromatic carbocycles. The fraction of sp³-hybridized carbons (Fsp3) is 0.833. The third-order valence-electron chi connectivity index (χ3n) is 12.7. The zero-order valence-corrected chi connectivity index (χ0v) is 30.8. The number of carbonyl (C=O) groups is 4. The monoisotopic (exact) mass is 677 g/mol. The van der Waals surface area contributed by atoms with E-state index in [2.05, 4.69) is 19.2 Å². The molecule has 48 heavy (non-hydrogen) atoms. The average Bonchev–Trinajstić information content (AvgIpc) is 3.25. The van der Waals surface area contributed by atoms with Crippen molar-refractivity contribution in [3.63, 3.8) is 0 Å². The lowest BCUT2D eigenvalue weighted by Crippen LogP contribution is -2.81. The number of carbonyl (C=O) groups excluding carboxylic acids is 4. The molecule has 12 heteroatoms. The van der Waals surface area contributed by atoms with Crippen LogP contribution in [0.1, 0.15) is 103 Å². The third kappa shape index (κ3) is 5.22. The van der Waals surface area contributed by atoms with Crippen molar-refractivity contribution < 1.29 is 52.7 Å². The Bertz CT molecular complexity index is 1420. The molecule has 5 rings (SSSR count). The summed E-state index contributed by atoms with van der Waals surface area (Å²) in [6.07, 6.45) is -3.61. The maximum Gasteiger partial charge on any atom is 0.314 e. The molecule has 2 heterocycles. The van der Waals surface area contributed by atoms with Crippen molar-refractivity contribution in [3.05, 3.63) is 11.1 Å². The maximum absolute atomic E-state index is 13.9. The highest BCUT2D eigenvalue weighted by Gasteiger charge is 2.78. The molecule has 0 radical (unpaired) electrons. The van der Waals surface area contributed by atoms with Crippen LogP contribution in [0.2, 0.25) is 0 Å². The molecular formula is C36H55NO11. The van der Waals surface area contributed by atoms with E-state index >= 15 is 0 Å². The predicted molar refractivity (Wildman–Crippen MR) is 172 cm³/mol. The Morgan fingerprint density at radius 1 is 1.00 bits per heavy atom. The molecule has 2 saturated carbocycles. The summed E-state index contributed by atoms with van der Waals surface area (Å²) in [5, 5.41) is 16.2. The fourth-order valence-corrected chi connectivity index (χ4v) is 9.56. The first-order valence-corrected chi connectivity index (χ1v) is 17.1. The van der Waals surface area contributed by atoms with E-state index in [1.807, 2.05) is 34.6 Å². The number of hydrogen-bond acceptors (Lipinski definition) is 11. The molecular weight excluding hydrogens is 622 g/mol. The van der Waals surface area contributed by atoms with Gasteiger partial charge in [-0.05, 0) is 65.0 Å². The number of hydrogen-bond donors (Lipinski definition) is 2. The Kier molecular flexibility index (Phi) is 8.80. The topological polar surface area (TPSA) is 156 Å². The lowest BCUT2D eigenvalue weighted by molar-refractivity contribution is -0.357. The van der Waals surface area contributed by atoms with Gasteiger partial charge < -0.3 is 38.8 Å². The van der Waals surface area contributed by atoms with E-state index in [9.17, 15) is 24.3 Å². The van der Waals surface area contributed by atoms with Crippen LogP contribution < -0.4 is 5.32 Å². The number of amides is 1. The maximum atomic E-state index is 13.9. The summed E-state index contributed by atoms with van der Waals surface area (Å²) in [5.41, 5.74) is -4.80. The summed E-state index contributed by atoms with van der Waals surface area (Å²) < 4.78 is 38.5. The quantitative estimate of drug-likeness (QED) is 0.240. The van der Waals surface area contributed by atoms with Gasteiger partial charge in [0.25, 0.3) is 0 Å². The highest BCUT2D eigenvalue weighted by molar-refractivity contribution is 5.79. The summed E-state index contributed by atoms with van der Waals surface area (Å²) in [5.74, 6) is -3.95. The predicted octanol–water partition coefficient (Wildman–Crippen LogP) is 3.75. The van der Waals surface area contributed by atoms with E-state index in [-0.39, 0.29) is 24.9 Å². The molecule has 270 valence electrons. The van der Waals surface area contributed by atoms with E-state index in [1.165, 1.54) is 20.8 Å². The van der Waals surface area contributed by atoms with Gasteiger partial charge in [-0.1, -0.05) is 27.7 Å². The van der Waals surface area contributed by atoms with Gasteiger partial charge in [-0.15, -0.1) is 0 Å². The van der Waals surface area contributed by atoms with E-state index in [1.54, 1.807) is 20.8 Å². The van der Waals surface area contributed by atoms with Crippen LogP contribution in [0, 0.1) is 28.1 Å². The lowest BCUT2D eigenvalue weighted by Gasteiger charge is -2.69. The van der Waals surface area contributed by atoms with Crippen LogP contribution in [0.3, 0.4) is 0 Å². The van der Waals surface area contributed by atoms with Gasteiger partial charge in [-0.2, -0.15) is 0 Å². The standard InChI is InChI=1S/C36H55NO11/c1-17-14-24-35(16-43-24,46-22(6)40)27-29(44-21(5)39)36(42)15-23(45-30(41)31(7,8)19(3)37-20(4)38)18(2)25(32(36,9)10)26-28(34(17,27)13)48-33(11,12)47-26/h17,19,23-24,26-29,42H,14-16H2,1-13H3,(H,37,38)/t17?,19-,23-,24+,26+,27-,28+,29-,34+,35-,36+/m0/s1. The number of nitrogens with one attached hydrogen (secondary N) is 1. The minimum absolute atomic E-state index is 0.0511. The van der Waals surface area contributed by atoms with Crippen molar-refractivity contribution >= 4 is 23.8 Å². The summed E-state index contributed by atoms with van der Waals surface area (Å²) in [4.78, 5) is 51.7. The Balaban J connectivity index is 1.77. The van der Waals surface area contributed by atoms with E-state index in [0.717, 1.165) is 0 Å². The second kappa shape index (κ2) is 11.5. The molecule has 1 amide bonds. The van der Waals surface area contributed by atoms with Gasteiger partial charge in [0.2, 0.25) is 5.91 Å². The molecule has 2 bridgehead atoms. The van der Waals surface area contributed by atoms with Gasteiger partial charge >= 0.3 is 17.9 Å². The number of aliphatic hydroxyl groups is 1. The van der Waals surface area contributed by atoms with E-state index < -0.39 is 93.6 Å². The van der Waals surface area contributed by atoms with E-state index in [0.29, 0.717) is 17.6 Å². The third-order valence-corrected chi connectivity index (χ3v) is 12.7. The van der Waals surface area contributed by atoms with Gasteiger partial charge in [0.05, 0.1) is 24.0 Å². The second-order valence-electron chi connectivity index (χ2n) is 16.7. The van der Waals surface area contributed by atoms with Gasteiger partial charge in [-0.3, -0.25) is 19.2 Å². The van der Waals surface area contributed by atoms with Crippen molar-refractivity contribution in [1.29, 1.82) is 0 Å². The largest absolute Gasteiger partial charge is 0.459 e. The Morgan fingerprint density at radius 3 is 2.15 bits per heavy atom. The number of ether oxygens (including phenoxy) is 6. The van der Waals surface area contributed by atoms with Crippen molar-refractivity contribution in [2.45, 2.75) is 156 Å². The van der Waals surface area contributed by atoms with Crippen LogP contribution in [0.4, 0.5) is 0 Å². The normalized spacial score (nSPS) is 41.6. The van der Waals surface area contributed by atoms with Crippen LogP contribution >= 0.6 is 0 Å². The van der Waals surface area contributed by atoms with Crippen molar-refractivity contribution in [2.75, 3.05) is 6.61 Å². The summed E-state index contributed by atoms with van der Waals surface area (Å²) in [6.45, 7) is 22.7. The second-order valence-corrected chi connectivity index (χ2v) is 16.7. The molecule has 4 fully saturated rings. The van der Waals surface area contributed by atoms with Crippen LogP contribution in [0.25, 0.3) is 0 Å². The highest BCUT2D eigenvalue weighted by atomic mass is 16.8. The first-order valence-electron chi connectivity index (χ1n) is 17.1. The molecule has 12 nitrogen and oxygen atoms in total. The van der Waals surface area contributed by atoms with Crippen LogP contribution in [-0.2, 0) is 47.6 Å². The lowest BCUT2D eigenvalue weighted by atomic mass is 9.43. The molecule has 2 aliphatic heterocycles. The summed E-state index contributed by atoms with van der Waals surface area (Å²) >= 11 is 0. The Labute approximate surface area is 283 Å². The molecule has 5 aliphatic rings. The zero-order chi connectivity index (χ0) is 36.2. The van der Waals surface area contributed by atoms with Crippen LogP contribution in [-0.4, -0.2) is 89.1 Å². The molecule has 0 aromatic rings. The van der Waals surface area contributed by atoms with Gasteiger partial charge in [0, 0.05) is 44.1 Å². The van der Waals surface area contributed by atoms with E-state index in [4.69, 9.17) is 28.4 Å². The van der Waals surface area contributed by atoms with Crippen molar-refractivity contribution in [2.24, 2.45) is 28.1 Å². The smallest absolute Gasteiger partial charge is 0.314 e. The summed E-state index contributed by atoms with van der Waals surface area (Å²) in [7, 11) is 0. The minimum Gasteiger partial charge on any atom is -0.459 e. The highest BCUT2D eigenvalue weighted by Crippen LogP contribution is 2.68. The van der Waals surface area contributed by atoms with Crippen LogP contribution in [0.15, 0.2) is 11.1 Å². The molecule has 2 N–H and O–H groups in total. The molecule has 2 saturated heterocycles. The molecule has 1 unspecified atom stereocenters. The van der Waals surface area contributed by atoms with Crippen molar-refractivity contribution in [1.82, 2.24) is 5.32 Å². The zero-order valence-electron chi connectivity index (χ0n) is 30.8. The first kappa shape index (κ1) is 36.7. The molecule has 0 aromatic heterocycles. The van der Waals surface area contributed by atoms with Gasteiger partial charge in [-0.25, -0.2) is 0 Å².